The Labute approximate surface area is 233 Å². The van der Waals surface area contributed by atoms with Crippen LogP contribution in [0.1, 0.15) is 64.4 Å². The molecule has 2 unspecified atom stereocenters. The summed E-state index contributed by atoms with van der Waals surface area (Å²) >= 11 is 7.81. The lowest BCUT2D eigenvalue weighted by Crippen LogP contribution is -2.49. The normalized spacial score (nSPS) is 20.3. The van der Waals surface area contributed by atoms with Crippen LogP contribution >= 0.6 is 23.4 Å². The quantitative estimate of drug-likeness (QED) is 0.265. The molecule has 0 aliphatic carbocycles. The summed E-state index contributed by atoms with van der Waals surface area (Å²) in [5.74, 6) is 2.36. The van der Waals surface area contributed by atoms with Crippen molar-refractivity contribution in [3.05, 3.63) is 100 Å². The maximum Gasteiger partial charge on any atom is 0.338 e. The highest BCUT2D eigenvalue weighted by Gasteiger charge is 2.44. The predicted octanol–water partition coefficient (Wildman–Crippen LogP) is 7.16. The number of carbonyl (C=O) groups excluding carboxylic acids is 2. The molecule has 0 spiro atoms. The molecule has 198 valence electrons. The van der Waals surface area contributed by atoms with E-state index in [0.29, 0.717) is 12.2 Å². The molecule has 38 heavy (non-hydrogen) atoms. The largest absolute Gasteiger partial charge is 0.490 e. The lowest BCUT2D eigenvalue weighted by Gasteiger charge is -2.39. The second-order valence-electron chi connectivity index (χ2n) is 9.87. The minimum atomic E-state index is -0.325. The first kappa shape index (κ1) is 26.6. The SMILES string of the molecule is CCOC(=O)c1ccc(OC2CC3CCC(C2)N3C(=O)c2ccc(CSCc3ccc(Cl)cc3)cc2)cc1. The minimum absolute atomic E-state index is 0.0602. The van der Waals surface area contributed by atoms with Crippen molar-refractivity contribution in [2.24, 2.45) is 0 Å². The zero-order chi connectivity index (χ0) is 26.5. The second kappa shape index (κ2) is 12.3. The lowest BCUT2D eigenvalue weighted by atomic mass is 9.98. The van der Waals surface area contributed by atoms with Crippen molar-refractivity contribution in [1.29, 1.82) is 0 Å². The van der Waals surface area contributed by atoms with Gasteiger partial charge in [0.1, 0.15) is 11.9 Å². The Balaban J connectivity index is 1.13. The maximum absolute atomic E-state index is 13.4. The number of fused-ring (bicyclic) bond motifs is 2. The first-order valence-corrected chi connectivity index (χ1v) is 14.7. The third-order valence-corrected chi connectivity index (χ3v) is 8.57. The molecule has 2 bridgehead atoms. The molecule has 2 atom stereocenters. The molecule has 1 amide bonds. The molecule has 0 aromatic heterocycles. The standard InChI is InChI=1S/C31H32ClNO4S/c1-2-36-31(35)24-9-15-28(16-10-24)37-29-17-26-13-14-27(18-29)33(26)30(34)23-7-3-21(4-8-23)19-38-20-22-5-11-25(32)12-6-22/h3-12,15-16,26-27,29H,2,13-14,17-20H2,1H3. The molecule has 2 heterocycles. The van der Waals surface area contributed by atoms with Crippen LogP contribution in [0, 0.1) is 0 Å². The molecule has 7 heteroatoms. The summed E-state index contributed by atoms with van der Waals surface area (Å²) in [4.78, 5) is 27.4. The van der Waals surface area contributed by atoms with Gasteiger partial charge in [-0.1, -0.05) is 35.9 Å². The number of esters is 1. The Bertz CT molecular complexity index is 1230. The van der Waals surface area contributed by atoms with Gasteiger partial charge in [0.25, 0.3) is 5.91 Å². The van der Waals surface area contributed by atoms with Crippen molar-refractivity contribution >= 4 is 35.2 Å². The van der Waals surface area contributed by atoms with Crippen LogP contribution in [0.4, 0.5) is 0 Å². The summed E-state index contributed by atoms with van der Waals surface area (Å²) in [6.07, 6.45) is 3.72. The van der Waals surface area contributed by atoms with Gasteiger partial charge in [-0.25, -0.2) is 4.79 Å². The van der Waals surface area contributed by atoms with Crippen LogP contribution in [-0.2, 0) is 16.2 Å². The summed E-state index contributed by atoms with van der Waals surface area (Å²) in [5.41, 5.74) is 3.74. The van der Waals surface area contributed by atoms with Crippen molar-refractivity contribution < 1.29 is 19.1 Å². The number of amides is 1. The molecular formula is C31H32ClNO4S. The highest BCUT2D eigenvalue weighted by atomic mass is 35.5. The topological polar surface area (TPSA) is 55.8 Å². The van der Waals surface area contributed by atoms with Crippen molar-refractivity contribution in [3.63, 3.8) is 0 Å². The molecule has 0 N–H and O–H groups in total. The monoisotopic (exact) mass is 549 g/mol. The van der Waals surface area contributed by atoms with Gasteiger partial charge in [0.2, 0.25) is 0 Å². The number of carbonyl (C=O) groups is 2. The van der Waals surface area contributed by atoms with Gasteiger partial charge in [0, 0.05) is 47.0 Å². The van der Waals surface area contributed by atoms with Gasteiger partial charge in [-0.05, 0) is 79.4 Å². The van der Waals surface area contributed by atoms with Gasteiger partial charge in [0.05, 0.1) is 12.2 Å². The van der Waals surface area contributed by atoms with E-state index >= 15 is 0 Å². The molecule has 2 aliphatic heterocycles. The zero-order valence-electron chi connectivity index (χ0n) is 21.5. The molecule has 5 nitrogen and oxygen atoms in total. The molecule has 3 aromatic carbocycles. The number of nitrogens with zero attached hydrogens (tertiary/aromatic N) is 1. The zero-order valence-corrected chi connectivity index (χ0v) is 23.0. The summed E-state index contributed by atoms with van der Waals surface area (Å²) in [6.45, 7) is 2.14. The van der Waals surface area contributed by atoms with Gasteiger partial charge in [-0.15, -0.1) is 0 Å². The number of rotatable bonds is 9. The molecule has 2 aliphatic rings. The Morgan fingerprint density at radius 1 is 0.842 bits per heavy atom. The van der Waals surface area contributed by atoms with Crippen molar-refractivity contribution in [2.45, 2.75) is 62.3 Å². The van der Waals surface area contributed by atoms with Gasteiger partial charge >= 0.3 is 5.97 Å². The average molecular weight is 550 g/mol. The van der Waals surface area contributed by atoms with E-state index in [4.69, 9.17) is 21.1 Å². The van der Waals surface area contributed by atoms with Gasteiger partial charge in [-0.2, -0.15) is 11.8 Å². The van der Waals surface area contributed by atoms with E-state index < -0.39 is 0 Å². The van der Waals surface area contributed by atoms with E-state index in [2.05, 4.69) is 29.2 Å². The van der Waals surface area contributed by atoms with Crippen LogP contribution < -0.4 is 4.74 Å². The number of ether oxygens (including phenoxy) is 2. The Kier molecular flexibility index (Phi) is 8.60. The van der Waals surface area contributed by atoms with E-state index in [1.807, 2.05) is 48.2 Å². The molecular weight excluding hydrogens is 518 g/mol. The van der Waals surface area contributed by atoms with Crippen LogP contribution in [0.5, 0.6) is 5.75 Å². The van der Waals surface area contributed by atoms with E-state index in [1.54, 1.807) is 19.1 Å². The van der Waals surface area contributed by atoms with Crippen LogP contribution in [0.3, 0.4) is 0 Å². The van der Waals surface area contributed by atoms with Gasteiger partial charge < -0.3 is 14.4 Å². The second-order valence-corrected chi connectivity index (χ2v) is 11.3. The average Bonchev–Trinajstić information content (AvgIpc) is 3.20. The number of hydrogen-bond acceptors (Lipinski definition) is 5. The fourth-order valence-corrected chi connectivity index (χ4v) is 6.48. The summed E-state index contributed by atoms with van der Waals surface area (Å²) in [6, 6.07) is 23.5. The minimum Gasteiger partial charge on any atom is -0.490 e. The van der Waals surface area contributed by atoms with Crippen LogP contribution in [0.15, 0.2) is 72.8 Å². The number of benzene rings is 3. The third kappa shape index (κ3) is 6.36. The molecule has 3 aromatic rings. The van der Waals surface area contributed by atoms with Gasteiger partial charge in [0.15, 0.2) is 0 Å². The molecule has 0 radical (unpaired) electrons. The Morgan fingerprint density at radius 3 is 1.97 bits per heavy atom. The van der Waals surface area contributed by atoms with Crippen LogP contribution in [0.25, 0.3) is 0 Å². The molecule has 2 saturated heterocycles. The van der Waals surface area contributed by atoms with Crippen LogP contribution in [-0.4, -0.2) is 41.6 Å². The van der Waals surface area contributed by atoms with E-state index in [1.165, 1.54) is 11.1 Å². The Morgan fingerprint density at radius 2 is 1.39 bits per heavy atom. The molecule has 5 rings (SSSR count). The number of halogens is 1. The predicted molar refractivity (Wildman–Crippen MR) is 152 cm³/mol. The highest BCUT2D eigenvalue weighted by molar-refractivity contribution is 7.97. The molecule has 0 saturated carbocycles. The van der Waals surface area contributed by atoms with Gasteiger partial charge in [-0.3, -0.25) is 4.79 Å². The maximum atomic E-state index is 13.4. The summed E-state index contributed by atoms with van der Waals surface area (Å²) < 4.78 is 11.3. The third-order valence-electron chi connectivity index (χ3n) is 7.24. The van der Waals surface area contributed by atoms with E-state index in [0.717, 1.165) is 53.5 Å². The fourth-order valence-electron chi connectivity index (χ4n) is 5.39. The first-order chi connectivity index (χ1) is 18.5. The fraction of sp³-hybridized carbons (Fsp3) is 0.355. The van der Waals surface area contributed by atoms with Crippen LogP contribution in [0.2, 0.25) is 5.02 Å². The number of hydrogen-bond donors (Lipinski definition) is 0. The molecule has 2 fully saturated rings. The summed E-state index contributed by atoms with van der Waals surface area (Å²) in [5, 5.41) is 0.756. The summed E-state index contributed by atoms with van der Waals surface area (Å²) in [7, 11) is 0. The van der Waals surface area contributed by atoms with Crippen molar-refractivity contribution in [1.82, 2.24) is 4.90 Å². The van der Waals surface area contributed by atoms with Crippen molar-refractivity contribution in [3.8, 4) is 5.75 Å². The lowest BCUT2D eigenvalue weighted by molar-refractivity contribution is 0.0359. The smallest absolute Gasteiger partial charge is 0.338 e. The first-order valence-electron chi connectivity index (χ1n) is 13.2. The number of piperidine rings is 1. The highest BCUT2D eigenvalue weighted by Crippen LogP contribution is 2.38. The van der Waals surface area contributed by atoms with Crippen molar-refractivity contribution in [2.75, 3.05) is 6.61 Å². The number of thioether (sulfide) groups is 1. The van der Waals surface area contributed by atoms with E-state index in [9.17, 15) is 9.59 Å². The Hall–Kier alpha value is -2.96. The van der Waals surface area contributed by atoms with E-state index in [-0.39, 0.29) is 30.1 Å².